The van der Waals surface area contributed by atoms with Gasteiger partial charge >= 0.3 is 0 Å². The predicted molar refractivity (Wildman–Crippen MR) is 65.6 cm³/mol. The Morgan fingerprint density at radius 2 is 2.12 bits per heavy atom. The Labute approximate surface area is 103 Å². The first-order valence-corrected chi connectivity index (χ1v) is 6.14. The van der Waals surface area contributed by atoms with Gasteiger partial charge in [-0.2, -0.15) is 0 Å². The van der Waals surface area contributed by atoms with Crippen LogP contribution in [0.4, 0.5) is 0 Å². The van der Waals surface area contributed by atoms with E-state index in [2.05, 4.69) is 5.32 Å². The van der Waals surface area contributed by atoms with Crippen molar-refractivity contribution in [1.82, 2.24) is 5.32 Å². The SMILES string of the molecule is CCOC1CC(N)C1NC(=O)COC(C)(C)C. The molecule has 1 fully saturated rings. The Hall–Kier alpha value is -0.650. The van der Waals surface area contributed by atoms with Crippen molar-refractivity contribution >= 4 is 5.91 Å². The van der Waals surface area contributed by atoms with Crippen molar-refractivity contribution < 1.29 is 14.3 Å². The van der Waals surface area contributed by atoms with Gasteiger partial charge < -0.3 is 20.5 Å². The lowest BCUT2D eigenvalue weighted by Crippen LogP contribution is -2.65. The third-order valence-corrected chi connectivity index (χ3v) is 2.71. The minimum absolute atomic E-state index is 0.00913. The molecule has 0 spiro atoms. The van der Waals surface area contributed by atoms with E-state index in [1.165, 1.54) is 0 Å². The Kier molecular flexibility index (Phi) is 4.91. The molecule has 0 aliphatic heterocycles. The van der Waals surface area contributed by atoms with Crippen LogP contribution in [0.3, 0.4) is 0 Å². The molecule has 1 amide bonds. The molecule has 1 rings (SSSR count). The number of rotatable bonds is 5. The molecule has 5 heteroatoms. The highest BCUT2D eigenvalue weighted by Gasteiger charge is 2.40. The Morgan fingerprint density at radius 1 is 1.47 bits per heavy atom. The van der Waals surface area contributed by atoms with Crippen LogP contribution in [0.25, 0.3) is 0 Å². The molecule has 3 atom stereocenters. The van der Waals surface area contributed by atoms with Crippen LogP contribution in [0.1, 0.15) is 34.1 Å². The summed E-state index contributed by atoms with van der Waals surface area (Å²) in [5, 5.41) is 2.86. The van der Waals surface area contributed by atoms with Gasteiger partial charge in [0.1, 0.15) is 6.61 Å². The maximum Gasteiger partial charge on any atom is 0.246 e. The van der Waals surface area contributed by atoms with E-state index in [-0.39, 0.29) is 36.3 Å². The van der Waals surface area contributed by atoms with Crippen LogP contribution in [0.15, 0.2) is 0 Å². The second-order valence-electron chi connectivity index (χ2n) is 5.39. The van der Waals surface area contributed by atoms with Gasteiger partial charge in [-0.25, -0.2) is 0 Å². The molecule has 0 aromatic carbocycles. The molecule has 3 N–H and O–H groups in total. The highest BCUT2D eigenvalue weighted by molar-refractivity contribution is 5.77. The molecule has 100 valence electrons. The lowest BCUT2D eigenvalue weighted by atomic mass is 9.83. The molecule has 1 aliphatic carbocycles. The van der Waals surface area contributed by atoms with Crippen molar-refractivity contribution in [3.63, 3.8) is 0 Å². The Bertz CT molecular complexity index is 261. The van der Waals surface area contributed by atoms with Crippen molar-refractivity contribution in [2.75, 3.05) is 13.2 Å². The first-order valence-electron chi connectivity index (χ1n) is 6.14. The van der Waals surface area contributed by atoms with E-state index in [9.17, 15) is 4.79 Å². The lowest BCUT2D eigenvalue weighted by Gasteiger charge is -2.42. The topological polar surface area (TPSA) is 73.6 Å². The van der Waals surface area contributed by atoms with Gasteiger partial charge in [0.2, 0.25) is 5.91 Å². The number of nitrogens with one attached hydrogen (secondary N) is 1. The first-order chi connectivity index (χ1) is 7.83. The lowest BCUT2D eigenvalue weighted by molar-refractivity contribution is -0.135. The molecular weight excluding hydrogens is 220 g/mol. The van der Waals surface area contributed by atoms with E-state index in [0.717, 1.165) is 6.42 Å². The molecule has 0 aromatic rings. The normalized spacial score (nSPS) is 28.6. The second-order valence-corrected chi connectivity index (χ2v) is 5.39. The summed E-state index contributed by atoms with van der Waals surface area (Å²) in [6.07, 6.45) is 0.854. The average Bonchev–Trinajstić information content (AvgIpc) is 2.22. The van der Waals surface area contributed by atoms with Gasteiger partial charge in [0.15, 0.2) is 0 Å². The summed E-state index contributed by atoms with van der Waals surface area (Å²) in [6, 6.07) is -0.0869. The largest absolute Gasteiger partial charge is 0.376 e. The molecule has 3 unspecified atom stereocenters. The zero-order valence-corrected chi connectivity index (χ0v) is 11.2. The van der Waals surface area contributed by atoms with Crippen molar-refractivity contribution in [2.24, 2.45) is 5.73 Å². The fourth-order valence-electron chi connectivity index (χ4n) is 1.74. The quantitative estimate of drug-likeness (QED) is 0.735. The Morgan fingerprint density at radius 3 is 2.59 bits per heavy atom. The maximum absolute atomic E-state index is 11.6. The van der Waals surface area contributed by atoms with E-state index in [1.807, 2.05) is 27.7 Å². The van der Waals surface area contributed by atoms with Crippen molar-refractivity contribution in [3.8, 4) is 0 Å². The molecule has 1 saturated carbocycles. The summed E-state index contributed by atoms with van der Waals surface area (Å²) < 4.78 is 10.9. The second kappa shape index (κ2) is 5.80. The number of carbonyl (C=O) groups excluding carboxylic acids is 1. The van der Waals surface area contributed by atoms with Crippen molar-refractivity contribution in [2.45, 2.75) is 57.9 Å². The van der Waals surface area contributed by atoms with E-state index in [1.54, 1.807) is 0 Å². The van der Waals surface area contributed by atoms with Crippen LogP contribution in [0, 0.1) is 0 Å². The molecular formula is C12H24N2O3. The minimum atomic E-state index is -0.307. The summed E-state index contributed by atoms with van der Waals surface area (Å²) in [5.74, 6) is -0.134. The number of ether oxygens (including phenoxy) is 2. The number of hydrogen-bond acceptors (Lipinski definition) is 4. The third kappa shape index (κ3) is 4.61. The predicted octanol–water partition coefficient (Wildman–Crippen LogP) is 0.422. The summed E-state index contributed by atoms with van der Waals surface area (Å²) in [6.45, 7) is 8.38. The average molecular weight is 244 g/mol. The number of hydrogen-bond donors (Lipinski definition) is 2. The highest BCUT2D eigenvalue weighted by atomic mass is 16.5. The monoisotopic (exact) mass is 244 g/mol. The van der Waals surface area contributed by atoms with Crippen LogP contribution in [-0.4, -0.2) is 42.9 Å². The highest BCUT2D eigenvalue weighted by Crippen LogP contribution is 2.22. The van der Waals surface area contributed by atoms with Crippen molar-refractivity contribution in [3.05, 3.63) is 0 Å². The van der Waals surface area contributed by atoms with Crippen molar-refractivity contribution in [1.29, 1.82) is 0 Å². The molecule has 0 bridgehead atoms. The van der Waals surface area contributed by atoms with Crippen LogP contribution < -0.4 is 11.1 Å². The van der Waals surface area contributed by atoms with Crippen LogP contribution >= 0.6 is 0 Å². The number of nitrogens with two attached hydrogens (primary N) is 1. The summed E-state index contributed by atoms with van der Waals surface area (Å²) in [4.78, 5) is 11.6. The number of amides is 1. The first kappa shape index (κ1) is 14.4. The summed E-state index contributed by atoms with van der Waals surface area (Å²) in [5.41, 5.74) is 5.53. The molecule has 1 aliphatic rings. The minimum Gasteiger partial charge on any atom is -0.376 e. The fraction of sp³-hybridized carbons (Fsp3) is 0.917. The van der Waals surface area contributed by atoms with Crippen LogP contribution in [0.5, 0.6) is 0 Å². The van der Waals surface area contributed by atoms with Crippen LogP contribution in [-0.2, 0) is 14.3 Å². The smallest absolute Gasteiger partial charge is 0.246 e. The summed E-state index contributed by atoms with van der Waals surface area (Å²) in [7, 11) is 0. The molecule has 0 radical (unpaired) electrons. The van der Waals surface area contributed by atoms with E-state index in [4.69, 9.17) is 15.2 Å². The van der Waals surface area contributed by atoms with Gasteiger partial charge in [-0.05, 0) is 34.1 Å². The van der Waals surface area contributed by atoms with Crippen LogP contribution in [0.2, 0.25) is 0 Å². The molecule has 17 heavy (non-hydrogen) atoms. The summed E-state index contributed by atoms with van der Waals surface area (Å²) >= 11 is 0. The van der Waals surface area contributed by atoms with E-state index in [0.29, 0.717) is 6.61 Å². The third-order valence-electron chi connectivity index (χ3n) is 2.71. The number of carbonyl (C=O) groups is 1. The van der Waals surface area contributed by atoms with Gasteiger partial charge in [0, 0.05) is 12.6 Å². The zero-order valence-electron chi connectivity index (χ0n) is 11.2. The van der Waals surface area contributed by atoms with Gasteiger partial charge in [-0.1, -0.05) is 0 Å². The molecule has 5 nitrogen and oxygen atoms in total. The van der Waals surface area contributed by atoms with E-state index < -0.39 is 0 Å². The molecule has 0 saturated heterocycles. The zero-order chi connectivity index (χ0) is 13.1. The molecule has 0 aromatic heterocycles. The Balaban J connectivity index is 2.30. The molecule has 0 heterocycles. The standard InChI is InChI=1S/C12H24N2O3/c1-5-16-9-6-8(13)11(9)14-10(15)7-17-12(2,3)4/h8-9,11H,5-7,13H2,1-4H3,(H,14,15). The van der Waals surface area contributed by atoms with Gasteiger partial charge in [-0.3, -0.25) is 4.79 Å². The van der Waals surface area contributed by atoms with Gasteiger partial charge in [-0.15, -0.1) is 0 Å². The van der Waals surface area contributed by atoms with E-state index >= 15 is 0 Å². The maximum atomic E-state index is 11.6. The van der Waals surface area contributed by atoms with Gasteiger partial charge in [0.25, 0.3) is 0 Å². The van der Waals surface area contributed by atoms with Gasteiger partial charge in [0.05, 0.1) is 17.7 Å². The fourth-order valence-corrected chi connectivity index (χ4v) is 1.74.